The van der Waals surface area contributed by atoms with Crippen molar-refractivity contribution in [3.63, 3.8) is 0 Å². The van der Waals surface area contributed by atoms with Crippen molar-refractivity contribution >= 4 is 11.7 Å². The van der Waals surface area contributed by atoms with Crippen LogP contribution in [0.1, 0.15) is 29.5 Å². The van der Waals surface area contributed by atoms with Crippen LogP contribution in [0.3, 0.4) is 0 Å². The molecule has 2 rings (SSSR count). The van der Waals surface area contributed by atoms with Crippen LogP contribution in [0.2, 0.25) is 0 Å². The number of rotatable bonds is 7. The molecule has 0 saturated heterocycles. The quantitative estimate of drug-likeness (QED) is 0.809. The Hall–Kier alpha value is -2.50. The molecule has 0 aliphatic heterocycles. The van der Waals surface area contributed by atoms with E-state index in [1.165, 1.54) is 6.20 Å². The number of nitrogens with one attached hydrogen (secondary N) is 2. The summed E-state index contributed by atoms with van der Waals surface area (Å²) >= 11 is 0. The van der Waals surface area contributed by atoms with E-state index in [9.17, 15) is 4.79 Å². The fourth-order valence-electron chi connectivity index (χ4n) is 1.75. The molecule has 2 aromatic rings. The third-order valence-corrected chi connectivity index (χ3v) is 2.82. The molecule has 0 unspecified atom stereocenters. The van der Waals surface area contributed by atoms with Gasteiger partial charge in [0.05, 0.1) is 12.4 Å². The van der Waals surface area contributed by atoms with Crippen LogP contribution in [0.4, 0.5) is 5.82 Å². The first-order valence-electron chi connectivity index (χ1n) is 7.03. The normalized spacial score (nSPS) is 10.1. The van der Waals surface area contributed by atoms with Gasteiger partial charge in [0.2, 0.25) is 0 Å². The standard InChI is InChI=1S/C15H19N5O/c1-2-7-18-14-11-16-10-13(20-14)15(21)19-9-6-12-5-3-4-8-17-12/h3-5,8,10-11H,2,6-7,9H2,1H3,(H,18,20)(H,19,21). The molecular weight excluding hydrogens is 266 g/mol. The topological polar surface area (TPSA) is 79.8 Å². The minimum absolute atomic E-state index is 0.224. The van der Waals surface area contributed by atoms with Crippen LogP contribution >= 0.6 is 0 Å². The Balaban J connectivity index is 1.85. The number of aromatic nitrogens is 3. The van der Waals surface area contributed by atoms with E-state index in [-0.39, 0.29) is 5.91 Å². The zero-order valence-corrected chi connectivity index (χ0v) is 12.0. The highest BCUT2D eigenvalue weighted by Crippen LogP contribution is 2.02. The molecule has 0 aliphatic carbocycles. The number of carbonyl (C=O) groups excluding carboxylic acids is 1. The number of carbonyl (C=O) groups is 1. The largest absolute Gasteiger partial charge is 0.369 e. The van der Waals surface area contributed by atoms with Gasteiger partial charge in [-0.05, 0) is 18.6 Å². The van der Waals surface area contributed by atoms with Gasteiger partial charge in [0.1, 0.15) is 11.5 Å². The van der Waals surface area contributed by atoms with E-state index >= 15 is 0 Å². The summed E-state index contributed by atoms with van der Waals surface area (Å²) in [6.07, 6.45) is 6.50. The van der Waals surface area contributed by atoms with Gasteiger partial charge in [-0.1, -0.05) is 13.0 Å². The lowest BCUT2D eigenvalue weighted by Crippen LogP contribution is -2.27. The van der Waals surface area contributed by atoms with Crippen LogP contribution in [-0.2, 0) is 6.42 Å². The first kappa shape index (κ1) is 14.9. The summed E-state index contributed by atoms with van der Waals surface area (Å²) in [5.74, 6) is 0.396. The van der Waals surface area contributed by atoms with Crippen LogP contribution in [0, 0.1) is 0 Å². The van der Waals surface area contributed by atoms with Crippen molar-refractivity contribution in [2.45, 2.75) is 19.8 Å². The predicted octanol–water partition coefficient (Wildman–Crippen LogP) is 1.67. The SMILES string of the molecule is CCCNc1cncc(C(=O)NCCc2ccccn2)n1. The fourth-order valence-corrected chi connectivity index (χ4v) is 1.75. The molecule has 0 aromatic carbocycles. The molecule has 21 heavy (non-hydrogen) atoms. The van der Waals surface area contributed by atoms with E-state index in [0.717, 1.165) is 18.7 Å². The number of pyridine rings is 1. The van der Waals surface area contributed by atoms with Crippen LogP contribution in [0.25, 0.3) is 0 Å². The van der Waals surface area contributed by atoms with Gasteiger partial charge in [0.25, 0.3) is 5.91 Å². The van der Waals surface area contributed by atoms with Crippen molar-refractivity contribution in [3.8, 4) is 0 Å². The monoisotopic (exact) mass is 285 g/mol. The molecule has 2 N–H and O–H groups in total. The molecule has 6 nitrogen and oxygen atoms in total. The van der Waals surface area contributed by atoms with Gasteiger partial charge in [-0.25, -0.2) is 4.98 Å². The van der Waals surface area contributed by atoms with Crippen molar-refractivity contribution < 1.29 is 4.79 Å². The molecule has 0 spiro atoms. The molecule has 0 saturated carbocycles. The summed E-state index contributed by atoms with van der Waals surface area (Å²) in [5, 5.41) is 5.93. The molecule has 0 aliphatic rings. The molecule has 0 radical (unpaired) electrons. The number of nitrogens with zero attached hydrogens (tertiary/aromatic N) is 3. The zero-order valence-electron chi connectivity index (χ0n) is 12.0. The summed E-state index contributed by atoms with van der Waals surface area (Å²) in [4.78, 5) is 24.5. The highest BCUT2D eigenvalue weighted by atomic mass is 16.1. The van der Waals surface area contributed by atoms with Gasteiger partial charge in [-0.3, -0.25) is 14.8 Å². The van der Waals surface area contributed by atoms with Crippen LogP contribution in [0.15, 0.2) is 36.8 Å². The molecule has 6 heteroatoms. The Bertz CT molecular complexity index is 573. The Labute approximate surface area is 124 Å². The maximum absolute atomic E-state index is 12.0. The van der Waals surface area contributed by atoms with Gasteiger partial charge in [-0.2, -0.15) is 0 Å². The second-order valence-electron chi connectivity index (χ2n) is 4.54. The second-order valence-corrected chi connectivity index (χ2v) is 4.54. The van der Waals surface area contributed by atoms with Crippen molar-refractivity contribution in [1.29, 1.82) is 0 Å². The van der Waals surface area contributed by atoms with Gasteiger partial charge in [0.15, 0.2) is 0 Å². The minimum atomic E-state index is -0.224. The van der Waals surface area contributed by atoms with E-state index in [1.54, 1.807) is 12.4 Å². The molecular formula is C15H19N5O. The van der Waals surface area contributed by atoms with Gasteiger partial charge >= 0.3 is 0 Å². The number of amides is 1. The average molecular weight is 285 g/mol. The van der Waals surface area contributed by atoms with Crippen LogP contribution < -0.4 is 10.6 Å². The third-order valence-electron chi connectivity index (χ3n) is 2.82. The lowest BCUT2D eigenvalue weighted by Gasteiger charge is -2.06. The number of anilines is 1. The smallest absolute Gasteiger partial charge is 0.271 e. The van der Waals surface area contributed by atoms with Crippen molar-refractivity contribution in [1.82, 2.24) is 20.3 Å². The first-order chi connectivity index (χ1) is 10.3. The van der Waals surface area contributed by atoms with Crippen LogP contribution in [-0.4, -0.2) is 33.9 Å². The van der Waals surface area contributed by atoms with E-state index in [1.807, 2.05) is 18.2 Å². The van der Waals surface area contributed by atoms with Gasteiger partial charge in [-0.15, -0.1) is 0 Å². The first-order valence-corrected chi connectivity index (χ1v) is 7.03. The Kier molecular flexibility index (Phi) is 5.63. The van der Waals surface area contributed by atoms with Gasteiger partial charge in [0, 0.05) is 31.4 Å². The summed E-state index contributed by atoms with van der Waals surface area (Å²) < 4.78 is 0. The summed E-state index contributed by atoms with van der Waals surface area (Å²) in [6, 6.07) is 5.73. The maximum atomic E-state index is 12.0. The van der Waals surface area contributed by atoms with Gasteiger partial charge < -0.3 is 10.6 Å². The van der Waals surface area contributed by atoms with E-state index in [4.69, 9.17) is 0 Å². The molecule has 0 bridgehead atoms. The minimum Gasteiger partial charge on any atom is -0.369 e. The lowest BCUT2D eigenvalue weighted by molar-refractivity contribution is 0.0949. The molecule has 0 atom stereocenters. The van der Waals surface area contributed by atoms with Crippen molar-refractivity contribution in [2.75, 3.05) is 18.4 Å². The average Bonchev–Trinajstić information content (AvgIpc) is 2.54. The molecule has 1 amide bonds. The number of hydrogen-bond acceptors (Lipinski definition) is 5. The zero-order chi connectivity index (χ0) is 14.9. The number of hydrogen-bond donors (Lipinski definition) is 2. The Morgan fingerprint density at radius 1 is 1.24 bits per heavy atom. The van der Waals surface area contributed by atoms with E-state index < -0.39 is 0 Å². The molecule has 2 heterocycles. The van der Waals surface area contributed by atoms with Crippen molar-refractivity contribution in [2.24, 2.45) is 0 Å². The third kappa shape index (κ3) is 4.83. The summed E-state index contributed by atoms with van der Waals surface area (Å²) in [6.45, 7) is 3.39. The van der Waals surface area contributed by atoms with E-state index in [2.05, 4.69) is 32.5 Å². The predicted molar refractivity (Wildman–Crippen MR) is 81.1 cm³/mol. The highest BCUT2D eigenvalue weighted by molar-refractivity contribution is 5.92. The second kappa shape index (κ2) is 7.94. The maximum Gasteiger partial charge on any atom is 0.271 e. The van der Waals surface area contributed by atoms with Crippen LogP contribution in [0.5, 0.6) is 0 Å². The molecule has 0 fully saturated rings. The Morgan fingerprint density at radius 2 is 2.14 bits per heavy atom. The Morgan fingerprint density at radius 3 is 2.90 bits per heavy atom. The summed E-state index contributed by atoms with van der Waals surface area (Å²) in [7, 11) is 0. The summed E-state index contributed by atoms with van der Waals surface area (Å²) in [5.41, 5.74) is 1.26. The fraction of sp³-hybridized carbons (Fsp3) is 0.333. The van der Waals surface area contributed by atoms with E-state index in [0.29, 0.717) is 24.5 Å². The highest BCUT2D eigenvalue weighted by Gasteiger charge is 2.08. The van der Waals surface area contributed by atoms with Crippen molar-refractivity contribution in [3.05, 3.63) is 48.2 Å². The molecule has 110 valence electrons. The molecule has 2 aromatic heterocycles. The lowest BCUT2D eigenvalue weighted by atomic mass is 10.2.